The molecular weight excluding hydrogens is 330 g/mol. The molecule has 2 N–H and O–H groups in total. The van der Waals surface area contributed by atoms with E-state index in [1.165, 1.54) is 0 Å². The highest BCUT2D eigenvalue weighted by Gasteiger charge is 2.26. The second kappa shape index (κ2) is 6.15. The quantitative estimate of drug-likeness (QED) is 0.434. The standard InChI is InChI=1S/C20H17N3O3/c1-11-17(13-7-3-5-9-15(13)21-11)19(24)12(2)26-20(25)18-14-8-4-6-10-16(14)22-23-18/h3-10,12,21H,1-2H3,(H,22,23)/t12-/m0/s1. The zero-order valence-corrected chi connectivity index (χ0v) is 14.4. The molecule has 0 bridgehead atoms. The molecule has 0 unspecified atom stereocenters. The minimum Gasteiger partial charge on any atom is -0.449 e. The van der Waals surface area contributed by atoms with Gasteiger partial charge in [-0.25, -0.2) is 4.79 Å². The van der Waals surface area contributed by atoms with Crippen molar-refractivity contribution in [1.82, 2.24) is 15.2 Å². The number of nitrogens with zero attached hydrogens (tertiary/aromatic N) is 1. The highest BCUT2D eigenvalue weighted by atomic mass is 16.5. The van der Waals surface area contributed by atoms with Gasteiger partial charge in [-0.1, -0.05) is 36.4 Å². The predicted octanol–water partition coefficient (Wildman–Crippen LogP) is 3.78. The lowest BCUT2D eigenvalue weighted by molar-refractivity contribution is 0.0315. The molecule has 6 heteroatoms. The van der Waals surface area contributed by atoms with Crippen molar-refractivity contribution in [2.75, 3.05) is 0 Å². The van der Waals surface area contributed by atoms with E-state index in [0.29, 0.717) is 10.9 Å². The Labute approximate surface area is 149 Å². The summed E-state index contributed by atoms with van der Waals surface area (Å²) >= 11 is 0. The topological polar surface area (TPSA) is 87.8 Å². The maximum atomic E-state index is 12.9. The van der Waals surface area contributed by atoms with Crippen molar-refractivity contribution in [3.05, 3.63) is 65.5 Å². The number of para-hydroxylation sites is 2. The summed E-state index contributed by atoms with van der Waals surface area (Å²) in [7, 11) is 0. The largest absolute Gasteiger partial charge is 0.449 e. The molecule has 0 saturated carbocycles. The van der Waals surface area contributed by atoms with E-state index in [2.05, 4.69) is 15.2 Å². The number of aromatic amines is 2. The summed E-state index contributed by atoms with van der Waals surface area (Å²) in [6, 6.07) is 14.8. The highest BCUT2D eigenvalue weighted by Crippen LogP contribution is 2.24. The van der Waals surface area contributed by atoms with Crippen molar-refractivity contribution in [2.45, 2.75) is 20.0 Å². The summed E-state index contributed by atoms with van der Waals surface area (Å²) in [4.78, 5) is 28.6. The van der Waals surface area contributed by atoms with E-state index in [-0.39, 0.29) is 11.5 Å². The Morgan fingerprint density at radius 1 is 1.00 bits per heavy atom. The van der Waals surface area contributed by atoms with Crippen LogP contribution in [-0.4, -0.2) is 33.0 Å². The molecule has 26 heavy (non-hydrogen) atoms. The number of H-pyrrole nitrogens is 2. The van der Waals surface area contributed by atoms with E-state index in [1.807, 2.05) is 49.4 Å². The molecule has 0 aliphatic carbocycles. The van der Waals surface area contributed by atoms with Crippen molar-refractivity contribution in [3.8, 4) is 0 Å². The summed E-state index contributed by atoms with van der Waals surface area (Å²) in [5, 5.41) is 8.30. The van der Waals surface area contributed by atoms with Gasteiger partial charge in [0.1, 0.15) is 0 Å². The third kappa shape index (κ3) is 2.56. The number of esters is 1. The number of nitrogens with one attached hydrogen (secondary N) is 2. The average molecular weight is 347 g/mol. The van der Waals surface area contributed by atoms with Gasteiger partial charge in [0.2, 0.25) is 5.78 Å². The lowest BCUT2D eigenvalue weighted by Gasteiger charge is -2.12. The first kappa shape index (κ1) is 16.1. The van der Waals surface area contributed by atoms with Gasteiger partial charge in [-0.05, 0) is 26.0 Å². The van der Waals surface area contributed by atoms with Crippen LogP contribution in [-0.2, 0) is 4.74 Å². The van der Waals surface area contributed by atoms with Crippen molar-refractivity contribution in [2.24, 2.45) is 0 Å². The SMILES string of the molecule is Cc1[nH]c2ccccc2c1C(=O)[C@H](C)OC(=O)c1n[nH]c2ccccc12. The first-order valence-electron chi connectivity index (χ1n) is 8.32. The van der Waals surface area contributed by atoms with Gasteiger partial charge < -0.3 is 9.72 Å². The van der Waals surface area contributed by atoms with Gasteiger partial charge in [-0.2, -0.15) is 5.10 Å². The van der Waals surface area contributed by atoms with Crippen molar-refractivity contribution in [3.63, 3.8) is 0 Å². The number of hydrogen-bond donors (Lipinski definition) is 2. The van der Waals surface area contributed by atoms with E-state index in [1.54, 1.807) is 13.0 Å². The Bertz CT molecular complexity index is 1140. The minimum atomic E-state index is -0.920. The number of hydrogen-bond acceptors (Lipinski definition) is 4. The molecule has 0 radical (unpaired) electrons. The van der Waals surface area contributed by atoms with Crippen molar-refractivity contribution >= 4 is 33.6 Å². The normalized spacial score (nSPS) is 12.4. The fraction of sp³-hybridized carbons (Fsp3) is 0.150. The lowest BCUT2D eigenvalue weighted by atomic mass is 10.0. The Balaban J connectivity index is 1.61. The maximum Gasteiger partial charge on any atom is 0.360 e. The Kier molecular flexibility index (Phi) is 3.80. The predicted molar refractivity (Wildman–Crippen MR) is 98.3 cm³/mol. The molecule has 0 spiro atoms. The number of ether oxygens (including phenoxy) is 1. The van der Waals surface area contributed by atoms with Crippen LogP contribution in [0.25, 0.3) is 21.8 Å². The van der Waals surface area contributed by atoms with Gasteiger partial charge in [0.15, 0.2) is 11.8 Å². The van der Waals surface area contributed by atoms with E-state index >= 15 is 0 Å². The number of rotatable bonds is 4. The van der Waals surface area contributed by atoms with E-state index < -0.39 is 12.1 Å². The second-order valence-electron chi connectivity index (χ2n) is 6.20. The molecule has 4 aromatic rings. The van der Waals surface area contributed by atoms with Crippen LogP contribution in [0.4, 0.5) is 0 Å². The summed E-state index contributed by atoms with van der Waals surface area (Å²) < 4.78 is 5.41. The number of benzene rings is 2. The number of carbonyl (C=O) groups excluding carboxylic acids is 2. The van der Waals surface area contributed by atoms with Crippen molar-refractivity contribution in [1.29, 1.82) is 0 Å². The summed E-state index contributed by atoms with van der Waals surface area (Å²) in [6.07, 6.45) is -0.920. The van der Waals surface area contributed by atoms with Crippen LogP contribution in [0.15, 0.2) is 48.5 Å². The lowest BCUT2D eigenvalue weighted by Crippen LogP contribution is -2.25. The molecule has 1 atom stereocenters. The molecule has 2 aromatic heterocycles. The van der Waals surface area contributed by atoms with Gasteiger partial charge in [0.25, 0.3) is 0 Å². The fourth-order valence-corrected chi connectivity index (χ4v) is 3.19. The highest BCUT2D eigenvalue weighted by molar-refractivity contribution is 6.12. The maximum absolute atomic E-state index is 12.9. The number of carbonyl (C=O) groups is 2. The third-order valence-corrected chi connectivity index (χ3v) is 4.46. The number of fused-ring (bicyclic) bond motifs is 2. The monoisotopic (exact) mass is 347 g/mol. The fourth-order valence-electron chi connectivity index (χ4n) is 3.19. The van der Waals surface area contributed by atoms with E-state index in [9.17, 15) is 9.59 Å². The zero-order chi connectivity index (χ0) is 18.3. The molecule has 2 heterocycles. The van der Waals surface area contributed by atoms with Gasteiger partial charge in [-0.3, -0.25) is 9.89 Å². The van der Waals surface area contributed by atoms with Crippen LogP contribution in [0.2, 0.25) is 0 Å². The summed E-state index contributed by atoms with van der Waals surface area (Å²) in [6.45, 7) is 3.42. The van der Waals surface area contributed by atoms with Crippen LogP contribution in [0.5, 0.6) is 0 Å². The molecular formula is C20H17N3O3. The molecule has 0 aliphatic heterocycles. The first-order chi connectivity index (χ1) is 12.6. The molecule has 4 rings (SSSR count). The molecule has 0 amide bonds. The second-order valence-corrected chi connectivity index (χ2v) is 6.20. The number of Topliss-reactive ketones (excluding diaryl/α,β-unsaturated/α-hetero) is 1. The third-order valence-electron chi connectivity index (χ3n) is 4.46. The van der Waals surface area contributed by atoms with Gasteiger partial charge in [0.05, 0.1) is 5.52 Å². The molecule has 0 saturated heterocycles. The molecule has 6 nitrogen and oxygen atoms in total. The van der Waals surface area contributed by atoms with E-state index in [0.717, 1.165) is 22.1 Å². The van der Waals surface area contributed by atoms with Crippen LogP contribution in [0.3, 0.4) is 0 Å². The Hall–Kier alpha value is -3.41. The average Bonchev–Trinajstić information content (AvgIpc) is 3.21. The van der Waals surface area contributed by atoms with Crippen LogP contribution in [0, 0.1) is 6.92 Å². The smallest absolute Gasteiger partial charge is 0.360 e. The molecule has 130 valence electrons. The van der Waals surface area contributed by atoms with Gasteiger partial charge in [-0.15, -0.1) is 0 Å². The van der Waals surface area contributed by atoms with Gasteiger partial charge in [0, 0.05) is 27.5 Å². The minimum absolute atomic E-state index is 0.177. The summed E-state index contributed by atoms with van der Waals surface area (Å²) in [5.41, 5.74) is 3.10. The van der Waals surface area contributed by atoms with Gasteiger partial charge >= 0.3 is 5.97 Å². The summed E-state index contributed by atoms with van der Waals surface area (Å²) in [5.74, 6) is -0.867. The zero-order valence-electron chi connectivity index (χ0n) is 14.4. The number of ketones is 1. The van der Waals surface area contributed by atoms with Crippen LogP contribution >= 0.6 is 0 Å². The molecule has 0 fully saturated rings. The van der Waals surface area contributed by atoms with E-state index in [4.69, 9.17) is 4.74 Å². The Morgan fingerprint density at radius 3 is 2.42 bits per heavy atom. The molecule has 2 aromatic carbocycles. The Morgan fingerprint density at radius 2 is 1.65 bits per heavy atom. The number of aromatic nitrogens is 3. The van der Waals surface area contributed by atoms with Crippen molar-refractivity contribution < 1.29 is 14.3 Å². The first-order valence-corrected chi connectivity index (χ1v) is 8.32. The molecule has 0 aliphatic rings. The van der Waals surface area contributed by atoms with Crippen LogP contribution < -0.4 is 0 Å². The number of aryl methyl sites for hydroxylation is 1. The van der Waals surface area contributed by atoms with Crippen LogP contribution in [0.1, 0.15) is 33.5 Å².